The van der Waals surface area contributed by atoms with Crippen molar-refractivity contribution in [1.29, 1.82) is 0 Å². The summed E-state index contributed by atoms with van der Waals surface area (Å²) in [4.78, 5) is 0. The Balaban J connectivity index is 2.52. The number of aromatic hydroxyl groups is 2. The summed E-state index contributed by atoms with van der Waals surface area (Å²) < 4.78 is 15.9. The molecule has 0 amide bonds. The van der Waals surface area contributed by atoms with Crippen molar-refractivity contribution in [2.45, 2.75) is 6.42 Å². The van der Waals surface area contributed by atoms with Gasteiger partial charge in [-0.3, -0.25) is 0 Å². The van der Waals surface area contributed by atoms with Crippen molar-refractivity contribution >= 4 is 0 Å². The minimum Gasteiger partial charge on any atom is -0.508 e. The molecule has 0 unspecified atom stereocenters. The fraction of sp³-hybridized carbons (Fsp3) is 0.250. The van der Waals surface area contributed by atoms with E-state index < -0.39 is 0 Å². The van der Waals surface area contributed by atoms with Crippen LogP contribution >= 0.6 is 0 Å². The third kappa shape index (κ3) is 2.97. The number of ether oxygens (including phenoxy) is 3. The molecule has 0 aromatic heterocycles. The van der Waals surface area contributed by atoms with Gasteiger partial charge in [0.2, 0.25) is 0 Å². The minimum absolute atomic E-state index is 0.0231. The molecule has 2 rings (SSSR count). The first-order valence-electron chi connectivity index (χ1n) is 6.39. The minimum atomic E-state index is 0.0231. The molecule has 0 radical (unpaired) electrons. The maximum absolute atomic E-state index is 9.91. The van der Waals surface area contributed by atoms with E-state index in [1.54, 1.807) is 39.5 Å². The molecule has 112 valence electrons. The molecule has 2 aromatic rings. The monoisotopic (exact) mass is 290 g/mol. The summed E-state index contributed by atoms with van der Waals surface area (Å²) in [5.41, 5.74) is 1.14. The number of methoxy groups -OCH3 is 3. The van der Waals surface area contributed by atoms with Crippen LogP contribution in [-0.2, 0) is 6.42 Å². The topological polar surface area (TPSA) is 68.2 Å². The Morgan fingerprint density at radius 2 is 1.33 bits per heavy atom. The molecule has 21 heavy (non-hydrogen) atoms. The second-order valence-electron chi connectivity index (χ2n) is 4.46. The van der Waals surface area contributed by atoms with E-state index in [-0.39, 0.29) is 17.9 Å². The molecule has 0 saturated heterocycles. The van der Waals surface area contributed by atoms with E-state index >= 15 is 0 Å². The molecule has 0 saturated carbocycles. The van der Waals surface area contributed by atoms with Gasteiger partial charge in [-0.1, -0.05) is 6.07 Å². The van der Waals surface area contributed by atoms with Crippen LogP contribution in [0, 0.1) is 0 Å². The van der Waals surface area contributed by atoms with Crippen LogP contribution in [-0.4, -0.2) is 31.5 Å². The third-order valence-corrected chi connectivity index (χ3v) is 3.30. The lowest BCUT2D eigenvalue weighted by Gasteiger charge is -2.16. The Hall–Kier alpha value is -2.56. The van der Waals surface area contributed by atoms with Crippen LogP contribution in [0.3, 0.4) is 0 Å². The average Bonchev–Trinajstić information content (AvgIpc) is 2.50. The summed E-state index contributed by atoms with van der Waals surface area (Å²) in [6.07, 6.45) is 0.273. The normalized spacial score (nSPS) is 10.2. The van der Waals surface area contributed by atoms with Gasteiger partial charge in [0.25, 0.3) is 0 Å². The standard InChI is InChI=1S/C16H18O5/c1-19-10-7-15(20-2)12(16(8-10)21-3)9-11-13(17)5-4-6-14(11)18/h4-8,17-18H,9H2,1-3H3. The molecule has 0 spiro atoms. The number of rotatable bonds is 5. The predicted octanol–water partition coefficient (Wildman–Crippen LogP) is 2.71. The maximum atomic E-state index is 9.91. The largest absolute Gasteiger partial charge is 0.508 e. The molecule has 0 aliphatic heterocycles. The second-order valence-corrected chi connectivity index (χ2v) is 4.46. The Kier molecular flexibility index (Phi) is 4.42. The fourth-order valence-corrected chi connectivity index (χ4v) is 2.17. The third-order valence-electron chi connectivity index (χ3n) is 3.30. The van der Waals surface area contributed by atoms with Gasteiger partial charge in [0.15, 0.2) is 0 Å². The number of hydrogen-bond acceptors (Lipinski definition) is 5. The lowest BCUT2D eigenvalue weighted by Crippen LogP contribution is -2.00. The van der Waals surface area contributed by atoms with Gasteiger partial charge in [-0.05, 0) is 12.1 Å². The quantitative estimate of drug-likeness (QED) is 0.886. The highest BCUT2D eigenvalue weighted by molar-refractivity contribution is 5.55. The zero-order chi connectivity index (χ0) is 15.4. The maximum Gasteiger partial charge on any atom is 0.129 e. The number of hydrogen-bond donors (Lipinski definition) is 2. The van der Waals surface area contributed by atoms with Gasteiger partial charge in [-0.15, -0.1) is 0 Å². The van der Waals surface area contributed by atoms with Crippen molar-refractivity contribution in [3.8, 4) is 28.7 Å². The van der Waals surface area contributed by atoms with Crippen LogP contribution < -0.4 is 14.2 Å². The molecule has 5 nitrogen and oxygen atoms in total. The van der Waals surface area contributed by atoms with Crippen LogP contribution in [0.15, 0.2) is 30.3 Å². The molecule has 0 atom stereocenters. The van der Waals surface area contributed by atoms with Crippen LogP contribution in [0.25, 0.3) is 0 Å². The fourth-order valence-electron chi connectivity index (χ4n) is 2.17. The lowest BCUT2D eigenvalue weighted by atomic mass is 10.0. The Labute approximate surface area is 123 Å². The highest BCUT2D eigenvalue weighted by Crippen LogP contribution is 2.38. The van der Waals surface area contributed by atoms with E-state index in [4.69, 9.17) is 14.2 Å². The van der Waals surface area contributed by atoms with Crippen LogP contribution in [0.2, 0.25) is 0 Å². The first kappa shape index (κ1) is 14.8. The zero-order valence-electron chi connectivity index (χ0n) is 12.2. The van der Waals surface area contributed by atoms with Gasteiger partial charge < -0.3 is 24.4 Å². The molecule has 0 fully saturated rings. The summed E-state index contributed by atoms with van der Waals surface area (Å²) in [5.74, 6) is 1.78. The molecular formula is C16H18O5. The second kappa shape index (κ2) is 6.26. The molecule has 0 aliphatic carbocycles. The zero-order valence-corrected chi connectivity index (χ0v) is 12.2. The molecule has 0 aliphatic rings. The van der Waals surface area contributed by atoms with Gasteiger partial charge in [0.05, 0.1) is 21.3 Å². The number of phenolic OH excluding ortho intramolecular Hbond substituents is 2. The van der Waals surface area contributed by atoms with Gasteiger partial charge >= 0.3 is 0 Å². The van der Waals surface area contributed by atoms with Gasteiger partial charge in [0, 0.05) is 29.7 Å². The Bertz CT molecular complexity index is 591. The molecule has 0 bridgehead atoms. The van der Waals surface area contributed by atoms with Crippen molar-refractivity contribution < 1.29 is 24.4 Å². The molecular weight excluding hydrogens is 272 g/mol. The van der Waals surface area contributed by atoms with E-state index in [0.717, 1.165) is 5.56 Å². The predicted molar refractivity (Wildman–Crippen MR) is 78.7 cm³/mol. The van der Waals surface area contributed by atoms with E-state index in [1.165, 1.54) is 12.1 Å². The SMILES string of the molecule is COc1cc(OC)c(Cc2c(O)cccc2O)c(OC)c1. The average molecular weight is 290 g/mol. The summed E-state index contributed by atoms with van der Waals surface area (Å²) >= 11 is 0. The van der Waals surface area contributed by atoms with Crippen molar-refractivity contribution in [3.05, 3.63) is 41.5 Å². The summed E-state index contributed by atoms with van der Waals surface area (Å²) in [7, 11) is 4.65. The van der Waals surface area contributed by atoms with Crippen LogP contribution in [0.5, 0.6) is 28.7 Å². The summed E-state index contributed by atoms with van der Waals surface area (Å²) in [6, 6.07) is 8.09. The molecule has 2 N–H and O–H groups in total. The van der Waals surface area contributed by atoms with Crippen molar-refractivity contribution in [3.63, 3.8) is 0 Å². The van der Waals surface area contributed by atoms with E-state index in [1.807, 2.05) is 0 Å². The van der Waals surface area contributed by atoms with Crippen molar-refractivity contribution in [2.24, 2.45) is 0 Å². The number of benzene rings is 2. The van der Waals surface area contributed by atoms with Crippen LogP contribution in [0.4, 0.5) is 0 Å². The molecule has 5 heteroatoms. The first-order chi connectivity index (χ1) is 10.1. The van der Waals surface area contributed by atoms with Gasteiger partial charge in [-0.25, -0.2) is 0 Å². The van der Waals surface area contributed by atoms with Crippen LogP contribution in [0.1, 0.15) is 11.1 Å². The number of phenols is 2. The van der Waals surface area contributed by atoms with Gasteiger partial charge in [0.1, 0.15) is 28.7 Å². The van der Waals surface area contributed by atoms with Crippen molar-refractivity contribution in [2.75, 3.05) is 21.3 Å². The van der Waals surface area contributed by atoms with E-state index in [0.29, 0.717) is 22.8 Å². The summed E-state index contributed by atoms with van der Waals surface area (Å²) in [5, 5.41) is 19.8. The Morgan fingerprint density at radius 1 is 0.810 bits per heavy atom. The lowest BCUT2D eigenvalue weighted by molar-refractivity contribution is 0.369. The first-order valence-corrected chi connectivity index (χ1v) is 6.39. The smallest absolute Gasteiger partial charge is 0.129 e. The Morgan fingerprint density at radius 3 is 1.76 bits per heavy atom. The van der Waals surface area contributed by atoms with E-state index in [2.05, 4.69) is 0 Å². The highest BCUT2D eigenvalue weighted by Gasteiger charge is 2.17. The molecule has 0 heterocycles. The van der Waals surface area contributed by atoms with E-state index in [9.17, 15) is 10.2 Å². The van der Waals surface area contributed by atoms with Crippen molar-refractivity contribution in [1.82, 2.24) is 0 Å². The highest BCUT2D eigenvalue weighted by atomic mass is 16.5. The summed E-state index contributed by atoms with van der Waals surface area (Å²) in [6.45, 7) is 0. The van der Waals surface area contributed by atoms with Gasteiger partial charge in [-0.2, -0.15) is 0 Å². The molecule has 2 aromatic carbocycles.